The highest BCUT2D eigenvalue weighted by Crippen LogP contribution is 2.43. The highest BCUT2D eigenvalue weighted by molar-refractivity contribution is 14.1. The second kappa shape index (κ2) is 6.22. The number of thiophene rings is 1. The molecular formula is C11H5Br3ClIS. The van der Waals surface area contributed by atoms with Gasteiger partial charge in [-0.1, -0.05) is 43.5 Å². The molecule has 90 valence electrons. The van der Waals surface area contributed by atoms with E-state index in [2.05, 4.69) is 94.6 Å². The standard InChI is InChI=1S/C11H5Br3ClIS/c12-7-2-1-5(16)3-6(7)10(14)9-4-8(13)11(15)17-9/h1-4,10H. The summed E-state index contributed by atoms with van der Waals surface area (Å²) in [6.07, 6.45) is 0. The summed E-state index contributed by atoms with van der Waals surface area (Å²) in [7, 11) is 0. The van der Waals surface area contributed by atoms with Crippen LogP contribution in [0.5, 0.6) is 0 Å². The molecule has 1 atom stereocenters. The van der Waals surface area contributed by atoms with Crippen LogP contribution in [-0.2, 0) is 0 Å². The summed E-state index contributed by atoms with van der Waals surface area (Å²) in [5.41, 5.74) is 1.21. The van der Waals surface area contributed by atoms with Crippen LogP contribution in [0.1, 0.15) is 15.3 Å². The van der Waals surface area contributed by atoms with Crippen molar-refractivity contribution in [3.63, 3.8) is 0 Å². The van der Waals surface area contributed by atoms with E-state index < -0.39 is 0 Å². The minimum absolute atomic E-state index is 0.153. The quantitative estimate of drug-likeness (QED) is 0.269. The van der Waals surface area contributed by atoms with Gasteiger partial charge in [0.25, 0.3) is 0 Å². The van der Waals surface area contributed by atoms with Crippen LogP contribution in [0, 0.1) is 3.57 Å². The summed E-state index contributed by atoms with van der Waals surface area (Å²) in [6, 6.07) is 8.35. The summed E-state index contributed by atoms with van der Waals surface area (Å²) in [5.74, 6) is 0. The summed E-state index contributed by atoms with van der Waals surface area (Å²) in [4.78, 5) is 1.34. The number of hydrogen-bond donors (Lipinski definition) is 0. The highest BCUT2D eigenvalue weighted by atomic mass is 127. The van der Waals surface area contributed by atoms with Gasteiger partial charge in [0.15, 0.2) is 0 Å². The molecule has 0 aliphatic carbocycles. The van der Waals surface area contributed by atoms with Crippen LogP contribution in [0.15, 0.2) is 33.2 Å². The third-order valence-corrected chi connectivity index (χ3v) is 7.37. The maximum absolute atomic E-state index is 6.07. The van der Waals surface area contributed by atoms with Gasteiger partial charge >= 0.3 is 0 Å². The molecule has 0 saturated heterocycles. The van der Waals surface area contributed by atoms with Gasteiger partial charge < -0.3 is 0 Å². The second-order valence-corrected chi connectivity index (χ2v) is 8.85. The molecule has 0 aliphatic heterocycles. The zero-order chi connectivity index (χ0) is 12.6. The van der Waals surface area contributed by atoms with Crippen LogP contribution in [0.25, 0.3) is 0 Å². The van der Waals surface area contributed by atoms with Gasteiger partial charge in [-0.15, -0.1) is 11.3 Å². The lowest BCUT2D eigenvalue weighted by atomic mass is 10.1. The number of alkyl halides is 1. The van der Waals surface area contributed by atoms with Crippen LogP contribution in [0.2, 0.25) is 4.34 Å². The zero-order valence-corrected chi connectivity index (χ0v) is 16.7. The van der Waals surface area contributed by atoms with Crippen LogP contribution in [0.4, 0.5) is 0 Å². The largest absolute Gasteiger partial charge is 0.126 e. The number of rotatable bonds is 2. The smallest absolute Gasteiger partial charge is 0.107 e. The van der Waals surface area contributed by atoms with Crippen molar-refractivity contribution in [3.8, 4) is 0 Å². The Balaban J connectivity index is 2.42. The Morgan fingerprint density at radius 2 is 1.88 bits per heavy atom. The van der Waals surface area contributed by atoms with Gasteiger partial charge in [0.05, 0.1) is 4.83 Å². The second-order valence-electron chi connectivity index (χ2n) is 3.30. The Morgan fingerprint density at radius 3 is 2.47 bits per heavy atom. The van der Waals surface area contributed by atoms with Gasteiger partial charge in [-0.2, -0.15) is 0 Å². The molecule has 0 nitrogen and oxygen atoms in total. The molecular weight excluding hydrogens is 566 g/mol. The van der Waals surface area contributed by atoms with E-state index >= 15 is 0 Å². The highest BCUT2D eigenvalue weighted by Gasteiger charge is 2.17. The van der Waals surface area contributed by atoms with Crippen LogP contribution < -0.4 is 0 Å². The molecule has 0 spiro atoms. The molecule has 0 bridgehead atoms. The van der Waals surface area contributed by atoms with E-state index in [9.17, 15) is 0 Å². The minimum atomic E-state index is 0.153. The van der Waals surface area contributed by atoms with Crippen molar-refractivity contribution in [2.24, 2.45) is 0 Å². The monoisotopic (exact) mass is 568 g/mol. The first-order valence-electron chi connectivity index (χ1n) is 4.53. The van der Waals surface area contributed by atoms with Crippen molar-refractivity contribution in [1.29, 1.82) is 0 Å². The predicted octanol–water partition coefficient (Wildman–Crippen LogP) is 7.02. The molecule has 17 heavy (non-hydrogen) atoms. The van der Waals surface area contributed by atoms with Crippen molar-refractivity contribution in [3.05, 3.63) is 51.6 Å². The van der Waals surface area contributed by atoms with E-state index in [1.54, 1.807) is 11.3 Å². The Labute approximate surface area is 148 Å². The van der Waals surface area contributed by atoms with Crippen LogP contribution in [-0.4, -0.2) is 0 Å². The van der Waals surface area contributed by atoms with E-state index in [1.807, 2.05) is 0 Å². The average Bonchev–Trinajstić information content (AvgIpc) is 2.62. The van der Waals surface area contributed by atoms with Crippen LogP contribution >= 0.6 is 93.3 Å². The molecule has 0 radical (unpaired) electrons. The van der Waals surface area contributed by atoms with Crippen molar-refractivity contribution >= 4 is 93.3 Å². The van der Waals surface area contributed by atoms with Gasteiger partial charge in [-0.25, -0.2) is 0 Å². The molecule has 0 saturated carbocycles. The normalized spacial score (nSPS) is 12.8. The number of halogens is 5. The van der Waals surface area contributed by atoms with Gasteiger partial charge in [-0.05, 0) is 68.3 Å². The Kier molecular flexibility index (Phi) is 5.41. The molecule has 1 heterocycles. The van der Waals surface area contributed by atoms with E-state index in [1.165, 1.54) is 14.0 Å². The Bertz CT molecular complexity index is 536. The van der Waals surface area contributed by atoms with Gasteiger partial charge in [0.1, 0.15) is 4.34 Å². The van der Waals surface area contributed by atoms with Gasteiger partial charge in [-0.3, -0.25) is 0 Å². The first-order valence-corrected chi connectivity index (χ1v) is 9.30. The zero-order valence-electron chi connectivity index (χ0n) is 8.18. The van der Waals surface area contributed by atoms with Crippen molar-refractivity contribution in [1.82, 2.24) is 0 Å². The molecule has 0 aliphatic rings. The molecule has 2 rings (SSSR count). The molecule has 6 heteroatoms. The maximum Gasteiger partial charge on any atom is 0.107 e. The third kappa shape index (κ3) is 3.48. The fraction of sp³-hybridized carbons (Fsp3) is 0.0909. The molecule has 0 amide bonds. The molecule has 1 aromatic carbocycles. The SMILES string of the molecule is Clc1sc(C(Br)c2cc(I)ccc2Br)cc1Br. The molecule has 0 fully saturated rings. The average molecular weight is 571 g/mol. The van der Waals surface area contributed by atoms with E-state index in [-0.39, 0.29) is 4.83 Å². The molecule has 1 aromatic heterocycles. The van der Waals surface area contributed by atoms with E-state index in [0.717, 1.165) is 13.3 Å². The van der Waals surface area contributed by atoms with E-state index in [4.69, 9.17) is 11.6 Å². The van der Waals surface area contributed by atoms with Gasteiger partial charge in [0, 0.05) is 17.4 Å². The Hall–Kier alpha value is 1.38. The summed E-state index contributed by atoms with van der Waals surface area (Å²) in [5, 5.41) is 0. The van der Waals surface area contributed by atoms with Crippen molar-refractivity contribution in [2.75, 3.05) is 0 Å². The molecule has 2 aromatic rings. The minimum Gasteiger partial charge on any atom is -0.126 e. The lowest BCUT2D eigenvalue weighted by Gasteiger charge is -2.10. The Morgan fingerprint density at radius 1 is 1.18 bits per heavy atom. The van der Waals surface area contributed by atoms with E-state index in [0.29, 0.717) is 0 Å². The summed E-state index contributed by atoms with van der Waals surface area (Å²) in [6.45, 7) is 0. The van der Waals surface area contributed by atoms with Crippen molar-refractivity contribution in [2.45, 2.75) is 4.83 Å². The van der Waals surface area contributed by atoms with Crippen LogP contribution in [0.3, 0.4) is 0 Å². The third-order valence-electron chi connectivity index (χ3n) is 2.15. The van der Waals surface area contributed by atoms with Gasteiger partial charge in [0.2, 0.25) is 0 Å². The van der Waals surface area contributed by atoms with Crippen molar-refractivity contribution < 1.29 is 0 Å². The summed E-state index contributed by atoms with van der Waals surface area (Å²) >= 11 is 20.7. The number of benzene rings is 1. The fourth-order valence-electron chi connectivity index (χ4n) is 1.35. The number of hydrogen-bond acceptors (Lipinski definition) is 1. The topological polar surface area (TPSA) is 0 Å². The molecule has 0 N–H and O–H groups in total. The lowest BCUT2D eigenvalue weighted by molar-refractivity contribution is 1.20. The lowest BCUT2D eigenvalue weighted by Crippen LogP contribution is -1.92. The fourth-order valence-corrected chi connectivity index (χ4v) is 5.17. The maximum atomic E-state index is 6.07. The molecule has 1 unspecified atom stereocenters. The first kappa shape index (κ1) is 14.8. The predicted molar refractivity (Wildman–Crippen MR) is 94.7 cm³/mol. The summed E-state index contributed by atoms with van der Waals surface area (Å²) < 4.78 is 4.05. The first-order chi connectivity index (χ1) is 7.99.